The van der Waals surface area contributed by atoms with E-state index in [9.17, 15) is 4.39 Å². The second-order valence-electron chi connectivity index (χ2n) is 3.85. The Labute approximate surface area is 86.6 Å². The van der Waals surface area contributed by atoms with Crippen LogP contribution in [0.5, 0.6) is 0 Å². The first-order chi connectivity index (χ1) is 6.43. The Balaban J connectivity index is 3.93. The molecule has 0 aromatic rings. The van der Waals surface area contributed by atoms with Crippen molar-refractivity contribution in [2.24, 2.45) is 5.92 Å². The monoisotopic (exact) mass is 197 g/mol. The van der Waals surface area contributed by atoms with Gasteiger partial charge >= 0.3 is 0 Å². The summed E-state index contributed by atoms with van der Waals surface area (Å²) in [6, 6.07) is 0. The average molecular weight is 197 g/mol. The van der Waals surface area contributed by atoms with Gasteiger partial charge in [0.15, 0.2) is 0 Å². The van der Waals surface area contributed by atoms with Crippen molar-refractivity contribution < 1.29 is 4.39 Å². The van der Waals surface area contributed by atoms with E-state index in [1.165, 1.54) is 6.08 Å². The summed E-state index contributed by atoms with van der Waals surface area (Å²) >= 11 is 0. The molecule has 0 aromatic carbocycles. The third-order valence-corrected chi connectivity index (χ3v) is 2.12. The lowest BCUT2D eigenvalue weighted by Crippen LogP contribution is -2.15. The van der Waals surface area contributed by atoms with Gasteiger partial charge < -0.3 is 4.90 Å². The van der Waals surface area contributed by atoms with Gasteiger partial charge in [0.2, 0.25) is 0 Å². The fraction of sp³-hybridized carbons (Fsp3) is 0.500. The number of nitrogens with zero attached hydrogens (tertiary/aromatic N) is 1. The Kier molecular flexibility index (Phi) is 6.13. The maximum absolute atomic E-state index is 12.3. The van der Waals surface area contributed by atoms with Crippen LogP contribution in [0.4, 0.5) is 4.39 Å². The fourth-order valence-corrected chi connectivity index (χ4v) is 0.999. The van der Waals surface area contributed by atoms with E-state index in [0.717, 1.165) is 18.5 Å². The predicted molar refractivity (Wildman–Crippen MR) is 60.9 cm³/mol. The van der Waals surface area contributed by atoms with Crippen molar-refractivity contribution in [3.8, 4) is 0 Å². The Bertz CT molecular complexity index is 228. The second kappa shape index (κ2) is 6.55. The molecular formula is C12H20FN. The van der Waals surface area contributed by atoms with Crippen LogP contribution < -0.4 is 0 Å². The maximum atomic E-state index is 12.3. The van der Waals surface area contributed by atoms with Crippen LogP contribution in [0, 0.1) is 5.92 Å². The lowest BCUT2D eigenvalue weighted by Gasteiger charge is -2.15. The van der Waals surface area contributed by atoms with Gasteiger partial charge in [-0.2, -0.15) is 0 Å². The minimum atomic E-state index is -0.425. The molecule has 0 bridgehead atoms. The number of hydrogen-bond donors (Lipinski definition) is 0. The lowest BCUT2D eigenvalue weighted by molar-refractivity contribution is 0.377. The summed E-state index contributed by atoms with van der Waals surface area (Å²) in [6.45, 7) is 10.2. The van der Waals surface area contributed by atoms with Gasteiger partial charge in [0.05, 0.1) is 0 Å². The predicted octanol–water partition coefficient (Wildman–Crippen LogP) is 3.17. The van der Waals surface area contributed by atoms with Gasteiger partial charge in [-0.05, 0) is 39.1 Å². The Morgan fingerprint density at radius 3 is 2.36 bits per heavy atom. The molecule has 0 aromatic heterocycles. The van der Waals surface area contributed by atoms with E-state index in [4.69, 9.17) is 0 Å². The lowest BCUT2D eigenvalue weighted by atomic mass is 9.98. The molecule has 80 valence electrons. The summed E-state index contributed by atoms with van der Waals surface area (Å²) in [5.74, 6) is -0.0426. The second-order valence-corrected chi connectivity index (χ2v) is 3.85. The number of rotatable bonds is 6. The zero-order valence-electron chi connectivity index (χ0n) is 9.39. The quantitative estimate of drug-likeness (QED) is 0.591. The van der Waals surface area contributed by atoms with Gasteiger partial charge in [-0.1, -0.05) is 31.7 Å². The van der Waals surface area contributed by atoms with Crippen LogP contribution >= 0.6 is 0 Å². The van der Waals surface area contributed by atoms with Crippen molar-refractivity contribution >= 4 is 0 Å². The molecule has 2 heteroatoms. The summed E-state index contributed by atoms with van der Waals surface area (Å²) in [7, 11) is 4.07. The van der Waals surface area contributed by atoms with Crippen LogP contribution in [0.1, 0.15) is 13.3 Å². The largest absolute Gasteiger partial charge is 0.309 e. The van der Waals surface area contributed by atoms with E-state index in [-0.39, 0.29) is 0 Å². The fourth-order valence-electron chi connectivity index (χ4n) is 0.999. The van der Waals surface area contributed by atoms with Crippen molar-refractivity contribution in [3.05, 3.63) is 36.7 Å². The SMILES string of the molecule is C=C(F)/C=C\C(=C)C(C)CCN(C)C. The summed E-state index contributed by atoms with van der Waals surface area (Å²) < 4.78 is 12.3. The highest BCUT2D eigenvalue weighted by molar-refractivity contribution is 5.22. The molecule has 0 N–H and O–H groups in total. The Morgan fingerprint density at radius 1 is 1.36 bits per heavy atom. The van der Waals surface area contributed by atoms with E-state index in [1.807, 2.05) is 14.1 Å². The molecule has 0 aliphatic rings. The molecule has 0 spiro atoms. The standard InChI is InChI=1S/C12H20FN/c1-10(6-7-12(3)13)11(2)8-9-14(4)5/h6-7,11H,1,3,8-9H2,2,4-5H3/b7-6-. The molecule has 0 rings (SSSR count). The first-order valence-electron chi connectivity index (χ1n) is 4.79. The molecule has 1 unspecified atom stereocenters. The molecule has 1 nitrogen and oxygen atoms in total. The smallest absolute Gasteiger partial charge is 0.116 e. The summed E-state index contributed by atoms with van der Waals surface area (Å²) in [4.78, 5) is 2.13. The van der Waals surface area contributed by atoms with Gasteiger partial charge in [-0.25, -0.2) is 4.39 Å². The van der Waals surface area contributed by atoms with Gasteiger partial charge in [0, 0.05) is 0 Å². The molecule has 1 atom stereocenters. The molecule has 0 radical (unpaired) electrons. The van der Waals surface area contributed by atoms with Gasteiger partial charge in [-0.15, -0.1) is 0 Å². The van der Waals surface area contributed by atoms with Gasteiger partial charge in [0.25, 0.3) is 0 Å². The van der Waals surface area contributed by atoms with Crippen molar-refractivity contribution in [1.82, 2.24) is 4.90 Å². The third kappa shape index (κ3) is 6.61. The minimum Gasteiger partial charge on any atom is -0.309 e. The van der Waals surface area contributed by atoms with Crippen LogP contribution in [0.15, 0.2) is 36.7 Å². The highest BCUT2D eigenvalue weighted by atomic mass is 19.1. The molecule has 14 heavy (non-hydrogen) atoms. The average Bonchev–Trinajstić information content (AvgIpc) is 2.09. The van der Waals surface area contributed by atoms with Gasteiger partial charge in [-0.3, -0.25) is 0 Å². The first-order valence-corrected chi connectivity index (χ1v) is 4.79. The first kappa shape index (κ1) is 13.1. The molecule has 0 aliphatic carbocycles. The minimum absolute atomic E-state index is 0.382. The molecule has 0 fully saturated rings. The van der Waals surface area contributed by atoms with Gasteiger partial charge in [0.1, 0.15) is 5.83 Å². The normalized spacial score (nSPS) is 13.5. The van der Waals surface area contributed by atoms with E-state index in [0.29, 0.717) is 5.92 Å². The van der Waals surface area contributed by atoms with Crippen LogP contribution in [-0.2, 0) is 0 Å². The van der Waals surface area contributed by atoms with Crippen molar-refractivity contribution in [2.75, 3.05) is 20.6 Å². The Hall–Kier alpha value is -0.890. The van der Waals surface area contributed by atoms with E-state index in [1.54, 1.807) is 6.08 Å². The molecule has 0 saturated carbocycles. The number of hydrogen-bond acceptors (Lipinski definition) is 1. The molecular weight excluding hydrogens is 177 g/mol. The highest BCUT2D eigenvalue weighted by Crippen LogP contribution is 2.14. The van der Waals surface area contributed by atoms with Crippen molar-refractivity contribution in [3.63, 3.8) is 0 Å². The van der Waals surface area contributed by atoms with Crippen LogP contribution in [0.3, 0.4) is 0 Å². The van der Waals surface area contributed by atoms with E-state index >= 15 is 0 Å². The number of allylic oxidation sites excluding steroid dienone is 4. The zero-order valence-corrected chi connectivity index (χ0v) is 9.39. The summed E-state index contributed by atoms with van der Waals surface area (Å²) in [5, 5.41) is 0. The molecule has 0 aliphatic heterocycles. The topological polar surface area (TPSA) is 3.24 Å². The summed E-state index contributed by atoms with van der Waals surface area (Å²) in [6.07, 6.45) is 4.09. The van der Waals surface area contributed by atoms with Crippen molar-refractivity contribution in [1.29, 1.82) is 0 Å². The van der Waals surface area contributed by atoms with E-state index in [2.05, 4.69) is 25.0 Å². The highest BCUT2D eigenvalue weighted by Gasteiger charge is 2.04. The van der Waals surface area contributed by atoms with Crippen LogP contribution in [0.2, 0.25) is 0 Å². The molecule has 0 saturated heterocycles. The van der Waals surface area contributed by atoms with Crippen LogP contribution in [0.25, 0.3) is 0 Å². The van der Waals surface area contributed by atoms with Crippen molar-refractivity contribution in [2.45, 2.75) is 13.3 Å². The van der Waals surface area contributed by atoms with E-state index < -0.39 is 5.83 Å². The Morgan fingerprint density at radius 2 is 1.93 bits per heavy atom. The maximum Gasteiger partial charge on any atom is 0.116 e. The molecule has 0 heterocycles. The molecule has 0 amide bonds. The van der Waals surface area contributed by atoms with Crippen LogP contribution in [-0.4, -0.2) is 25.5 Å². The summed E-state index contributed by atoms with van der Waals surface area (Å²) in [5.41, 5.74) is 0.950. The zero-order chi connectivity index (χ0) is 11.1. The third-order valence-electron chi connectivity index (χ3n) is 2.12. The number of halogens is 1.